The summed E-state index contributed by atoms with van der Waals surface area (Å²) in [7, 11) is 1.58. The van der Waals surface area contributed by atoms with Crippen LogP contribution in [0.5, 0.6) is 11.5 Å². The average Bonchev–Trinajstić information content (AvgIpc) is 3.01. The summed E-state index contributed by atoms with van der Waals surface area (Å²) in [6.07, 6.45) is 3.23. The van der Waals surface area contributed by atoms with Crippen molar-refractivity contribution in [2.45, 2.75) is 13.8 Å². The number of methoxy groups -OCH3 is 1. The first-order valence-corrected chi connectivity index (χ1v) is 9.67. The molecule has 0 unspecified atom stereocenters. The number of aromatic nitrogens is 1. The molecule has 0 radical (unpaired) electrons. The molecule has 0 saturated carbocycles. The van der Waals surface area contributed by atoms with Gasteiger partial charge in [-0.3, -0.25) is 9.59 Å². The van der Waals surface area contributed by atoms with Gasteiger partial charge in [-0.15, -0.1) is 11.3 Å². The van der Waals surface area contributed by atoms with Gasteiger partial charge in [0.05, 0.1) is 22.9 Å². The number of nitrogens with one attached hydrogen (secondary N) is 1. The molecular formula is C22H21NO4S. The number of aromatic amines is 1. The first-order chi connectivity index (χ1) is 13.5. The van der Waals surface area contributed by atoms with E-state index in [1.165, 1.54) is 17.4 Å². The Bertz CT molecular complexity index is 1170. The number of ketones is 1. The van der Waals surface area contributed by atoms with Gasteiger partial charge in [0, 0.05) is 11.6 Å². The maximum absolute atomic E-state index is 12.5. The van der Waals surface area contributed by atoms with Crippen LogP contribution in [0.2, 0.25) is 0 Å². The number of ether oxygens (including phenoxy) is 2. The lowest BCUT2D eigenvalue weighted by Gasteiger charge is -2.09. The summed E-state index contributed by atoms with van der Waals surface area (Å²) in [5, 5.41) is 0. The smallest absolute Gasteiger partial charge is 0.266 e. The fraction of sp³-hybridized carbons (Fsp3) is 0.182. The lowest BCUT2D eigenvalue weighted by molar-refractivity contribution is 0.106. The van der Waals surface area contributed by atoms with Crippen molar-refractivity contribution in [2.75, 3.05) is 13.7 Å². The third-order valence-electron chi connectivity index (χ3n) is 4.14. The van der Waals surface area contributed by atoms with E-state index in [0.717, 1.165) is 11.1 Å². The highest BCUT2D eigenvalue weighted by Gasteiger charge is 2.07. The van der Waals surface area contributed by atoms with Gasteiger partial charge in [0.25, 0.3) is 5.56 Å². The van der Waals surface area contributed by atoms with Gasteiger partial charge in [-0.2, -0.15) is 0 Å². The summed E-state index contributed by atoms with van der Waals surface area (Å²) in [6.45, 7) is 4.30. The molecule has 2 aromatic carbocycles. The fourth-order valence-electron chi connectivity index (χ4n) is 2.77. The molecule has 0 bridgehead atoms. The Labute approximate surface area is 166 Å². The van der Waals surface area contributed by atoms with Crippen molar-refractivity contribution in [3.8, 4) is 11.5 Å². The van der Waals surface area contributed by atoms with E-state index >= 15 is 0 Å². The summed E-state index contributed by atoms with van der Waals surface area (Å²) >= 11 is 1.24. The second kappa shape index (κ2) is 8.71. The standard InChI is InChI=1S/C22H21NO4S/c1-4-27-19-11-15(9-10-18(19)26-3)12-20-22(25)23-21(28-20)13-17(24)16-8-6-5-7-14(16)2/h5-13H,4H2,1-3H3,(H,23,25). The van der Waals surface area contributed by atoms with Crippen LogP contribution in [0.15, 0.2) is 47.3 Å². The zero-order valence-electron chi connectivity index (χ0n) is 15.9. The molecule has 144 valence electrons. The molecule has 1 aromatic heterocycles. The van der Waals surface area contributed by atoms with Gasteiger partial charge in [-0.25, -0.2) is 0 Å². The molecule has 0 fully saturated rings. The van der Waals surface area contributed by atoms with Crippen molar-refractivity contribution in [3.05, 3.63) is 78.7 Å². The Morgan fingerprint density at radius 2 is 1.96 bits per heavy atom. The van der Waals surface area contributed by atoms with E-state index in [1.807, 2.05) is 44.2 Å². The normalized spacial score (nSPS) is 12.2. The van der Waals surface area contributed by atoms with E-state index in [9.17, 15) is 9.59 Å². The maximum Gasteiger partial charge on any atom is 0.266 e. The lowest BCUT2D eigenvalue weighted by atomic mass is 10.1. The highest BCUT2D eigenvalue weighted by Crippen LogP contribution is 2.28. The Balaban J connectivity index is 1.98. The number of H-pyrrole nitrogens is 1. The maximum atomic E-state index is 12.5. The van der Waals surface area contributed by atoms with Crippen molar-refractivity contribution in [3.63, 3.8) is 0 Å². The molecule has 0 amide bonds. The fourth-order valence-corrected chi connectivity index (χ4v) is 3.66. The van der Waals surface area contributed by atoms with Crippen molar-refractivity contribution in [2.24, 2.45) is 0 Å². The largest absolute Gasteiger partial charge is 0.493 e. The number of rotatable bonds is 6. The highest BCUT2D eigenvalue weighted by atomic mass is 32.1. The number of thiazole rings is 1. The van der Waals surface area contributed by atoms with Crippen LogP contribution in [0.25, 0.3) is 12.2 Å². The van der Waals surface area contributed by atoms with Crippen LogP contribution >= 0.6 is 11.3 Å². The second-order valence-electron chi connectivity index (χ2n) is 6.10. The van der Waals surface area contributed by atoms with Gasteiger partial charge in [-0.1, -0.05) is 30.3 Å². The number of carbonyl (C=O) groups excluding carboxylic acids is 1. The Morgan fingerprint density at radius 1 is 1.18 bits per heavy atom. The third-order valence-corrected chi connectivity index (χ3v) is 5.10. The molecule has 0 saturated heterocycles. The van der Waals surface area contributed by atoms with Gasteiger partial charge in [-0.05, 0) is 43.2 Å². The number of Topliss-reactive ketones (excluding diaryl/α,β-unsaturated/α-hetero) is 1. The highest BCUT2D eigenvalue weighted by molar-refractivity contribution is 7.07. The predicted octanol–water partition coefficient (Wildman–Crippen LogP) is 2.64. The predicted molar refractivity (Wildman–Crippen MR) is 112 cm³/mol. The zero-order chi connectivity index (χ0) is 20.1. The van der Waals surface area contributed by atoms with Gasteiger partial charge >= 0.3 is 0 Å². The minimum Gasteiger partial charge on any atom is -0.493 e. The van der Waals surface area contributed by atoms with Crippen molar-refractivity contribution >= 4 is 29.3 Å². The molecule has 0 aliphatic carbocycles. The van der Waals surface area contributed by atoms with Crippen LogP contribution in [-0.2, 0) is 0 Å². The van der Waals surface area contributed by atoms with Crippen LogP contribution in [-0.4, -0.2) is 24.5 Å². The Hall–Kier alpha value is -3.12. The number of hydrogen-bond donors (Lipinski definition) is 1. The van der Waals surface area contributed by atoms with E-state index in [1.54, 1.807) is 25.3 Å². The molecule has 0 aliphatic heterocycles. The van der Waals surface area contributed by atoms with Crippen molar-refractivity contribution in [1.82, 2.24) is 4.98 Å². The topological polar surface area (TPSA) is 68.4 Å². The summed E-state index contributed by atoms with van der Waals surface area (Å²) in [6, 6.07) is 12.8. The number of aryl methyl sites for hydroxylation is 1. The Morgan fingerprint density at radius 3 is 2.68 bits per heavy atom. The summed E-state index contributed by atoms with van der Waals surface area (Å²) in [5.41, 5.74) is 2.10. The first-order valence-electron chi connectivity index (χ1n) is 8.85. The lowest BCUT2D eigenvalue weighted by Crippen LogP contribution is -2.20. The minimum atomic E-state index is -0.234. The van der Waals surface area contributed by atoms with Gasteiger partial charge in [0.15, 0.2) is 17.3 Å². The van der Waals surface area contributed by atoms with Gasteiger partial charge < -0.3 is 14.5 Å². The molecule has 28 heavy (non-hydrogen) atoms. The molecule has 0 aliphatic rings. The monoisotopic (exact) mass is 395 g/mol. The first kappa shape index (κ1) is 19.6. The van der Waals surface area contributed by atoms with Gasteiger partial charge in [0.2, 0.25) is 0 Å². The van der Waals surface area contributed by atoms with E-state index in [2.05, 4.69) is 4.98 Å². The van der Waals surface area contributed by atoms with E-state index in [0.29, 0.717) is 32.9 Å². The van der Waals surface area contributed by atoms with E-state index in [4.69, 9.17) is 9.47 Å². The third kappa shape index (κ3) is 4.40. The second-order valence-corrected chi connectivity index (χ2v) is 7.18. The van der Waals surface area contributed by atoms with Crippen LogP contribution in [0.4, 0.5) is 0 Å². The molecule has 1 heterocycles. The summed E-state index contributed by atoms with van der Waals surface area (Å²) in [5.74, 6) is 1.12. The zero-order valence-corrected chi connectivity index (χ0v) is 16.8. The summed E-state index contributed by atoms with van der Waals surface area (Å²) in [4.78, 5) is 27.5. The Kier molecular flexibility index (Phi) is 6.11. The van der Waals surface area contributed by atoms with E-state index < -0.39 is 0 Å². The number of carbonyl (C=O) groups is 1. The number of hydrogen-bond acceptors (Lipinski definition) is 5. The summed E-state index contributed by atoms with van der Waals surface area (Å²) < 4.78 is 11.9. The quantitative estimate of drug-likeness (QED) is 0.652. The van der Waals surface area contributed by atoms with E-state index in [-0.39, 0.29) is 11.3 Å². The number of benzene rings is 2. The molecule has 3 rings (SSSR count). The molecule has 1 N–H and O–H groups in total. The SMILES string of the molecule is CCOc1cc(C=c2sc(=CC(=O)c3ccccc3C)[nH]c2=O)ccc1OC. The van der Waals surface area contributed by atoms with Crippen LogP contribution < -0.4 is 24.2 Å². The molecular weight excluding hydrogens is 374 g/mol. The van der Waals surface area contributed by atoms with Crippen LogP contribution in [0.1, 0.15) is 28.4 Å². The molecule has 5 nitrogen and oxygen atoms in total. The molecule has 0 atom stereocenters. The van der Waals surface area contributed by atoms with Crippen molar-refractivity contribution < 1.29 is 14.3 Å². The van der Waals surface area contributed by atoms with Gasteiger partial charge in [0.1, 0.15) is 0 Å². The molecule has 0 spiro atoms. The average molecular weight is 395 g/mol. The molecule has 3 aromatic rings. The molecule has 6 heteroatoms. The van der Waals surface area contributed by atoms with Crippen LogP contribution in [0.3, 0.4) is 0 Å². The van der Waals surface area contributed by atoms with Crippen LogP contribution in [0, 0.1) is 6.92 Å². The van der Waals surface area contributed by atoms with Crippen molar-refractivity contribution in [1.29, 1.82) is 0 Å². The minimum absolute atomic E-state index is 0.134.